The monoisotopic (exact) mass is 373 g/mol. The van der Waals surface area contributed by atoms with Crippen LogP contribution >= 0.6 is 0 Å². The van der Waals surface area contributed by atoms with Gasteiger partial charge in [0.05, 0.1) is 13.7 Å². The molecule has 0 radical (unpaired) electrons. The lowest BCUT2D eigenvalue weighted by molar-refractivity contribution is -0.119. The van der Waals surface area contributed by atoms with Crippen molar-refractivity contribution in [2.24, 2.45) is 0 Å². The van der Waals surface area contributed by atoms with Crippen LogP contribution in [0.25, 0.3) is 0 Å². The Morgan fingerprint density at radius 2 is 2.00 bits per heavy atom. The van der Waals surface area contributed by atoms with E-state index < -0.39 is 18.0 Å². The highest BCUT2D eigenvalue weighted by molar-refractivity contribution is 6.05. The van der Waals surface area contributed by atoms with Gasteiger partial charge in [-0.1, -0.05) is 5.92 Å². The maximum absolute atomic E-state index is 11.6. The fourth-order valence-electron chi connectivity index (χ4n) is 2.95. The number of nitrogens with one attached hydrogen (secondary N) is 2. The number of rotatable bonds is 5. The molecule has 0 aromatic carbocycles. The Balaban J connectivity index is 1.71. The van der Waals surface area contributed by atoms with E-state index in [4.69, 9.17) is 9.47 Å². The molecule has 2 saturated heterocycles. The van der Waals surface area contributed by atoms with Crippen molar-refractivity contribution in [3.63, 3.8) is 0 Å². The molecule has 2 fully saturated rings. The zero-order valence-electron chi connectivity index (χ0n) is 15.4. The second-order valence-electron chi connectivity index (χ2n) is 6.21. The molecule has 2 aliphatic heterocycles. The summed E-state index contributed by atoms with van der Waals surface area (Å²) in [6.45, 7) is 5.24. The molecule has 1 atom stereocenters. The van der Waals surface area contributed by atoms with Crippen molar-refractivity contribution < 1.29 is 19.1 Å². The Bertz CT molecular complexity index is 765. The van der Waals surface area contributed by atoms with Crippen molar-refractivity contribution >= 4 is 17.8 Å². The zero-order valence-corrected chi connectivity index (χ0v) is 15.4. The van der Waals surface area contributed by atoms with E-state index in [2.05, 4.69) is 37.3 Å². The van der Waals surface area contributed by atoms with E-state index in [9.17, 15) is 9.59 Å². The number of amides is 3. The number of urea groups is 1. The predicted octanol–water partition coefficient (Wildman–Crippen LogP) is -0.582. The smallest absolute Gasteiger partial charge is 0.322 e. The van der Waals surface area contributed by atoms with Crippen LogP contribution < -0.4 is 20.3 Å². The molecule has 0 aliphatic carbocycles. The maximum Gasteiger partial charge on any atom is 0.322 e. The zero-order chi connectivity index (χ0) is 19.2. The number of anilines is 1. The number of hydrogen-bond acceptors (Lipinski definition) is 7. The van der Waals surface area contributed by atoms with Gasteiger partial charge in [-0.3, -0.25) is 15.0 Å². The fraction of sp³-hybridized carbons (Fsp3) is 0.500. The number of carbonyl (C=O) groups is 2. The number of hydrogen-bond donors (Lipinski definition) is 2. The molecule has 3 heterocycles. The number of ether oxygens (including phenoxy) is 2. The van der Waals surface area contributed by atoms with Gasteiger partial charge in [0.1, 0.15) is 5.82 Å². The lowest BCUT2D eigenvalue weighted by Crippen LogP contribution is -2.47. The fourth-order valence-corrected chi connectivity index (χ4v) is 2.95. The third kappa shape index (κ3) is 4.67. The van der Waals surface area contributed by atoms with Gasteiger partial charge in [0.25, 0.3) is 5.91 Å². The molecular formula is C18H23N5O4. The minimum atomic E-state index is -0.878. The maximum atomic E-state index is 11.6. The molecule has 2 N–H and O–H groups in total. The average molecular weight is 373 g/mol. The number of pyridine rings is 1. The molecule has 9 heteroatoms. The van der Waals surface area contributed by atoms with Crippen molar-refractivity contribution in [3.8, 4) is 17.6 Å². The molecular weight excluding hydrogens is 350 g/mol. The van der Waals surface area contributed by atoms with Crippen LogP contribution in [-0.4, -0.2) is 81.4 Å². The van der Waals surface area contributed by atoms with Crippen LogP contribution in [0.15, 0.2) is 12.1 Å². The van der Waals surface area contributed by atoms with Gasteiger partial charge in [-0.05, 0) is 18.1 Å². The van der Waals surface area contributed by atoms with Gasteiger partial charge in [0, 0.05) is 39.8 Å². The quantitative estimate of drug-likeness (QED) is 0.526. The molecule has 1 aromatic rings. The SMILES string of the molecule is COCCN1CCN(c2ccc(OC)c(C#CC3NC(=O)NC3=O)n2)CC1. The van der Waals surface area contributed by atoms with Gasteiger partial charge in [-0.2, -0.15) is 0 Å². The summed E-state index contributed by atoms with van der Waals surface area (Å²) in [5.74, 6) is 6.47. The Labute approximate surface area is 158 Å². The predicted molar refractivity (Wildman–Crippen MR) is 98.7 cm³/mol. The molecule has 144 valence electrons. The van der Waals surface area contributed by atoms with E-state index in [-0.39, 0.29) is 0 Å². The van der Waals surface area contributed by atoms with Gasteiger partial charge >= 0.3 is 6.03 Å². The number of aromatic nitrogens is 1. The summed E-state index contributed by atoms with van der Waals surface area (Å²) in [5, 5.41) is 4.59. The van der Waals surface area contributed by atoms with Crippen molar-refractivity contribution in [1.82, 2.24) is 20.5 Å². The summed E-state index contributed by atoms with van der Waals surface area (Å²) in [4.78, 5) is 31.9. The molecule has 9 nitrogen and oxygen atoms in total. The molecule has 0 bridgehead atoms. The molecule has 2 aliphatic rings. The highest BCUT2D eigenvalue weighted by atomic mass is 16.5. The molecule has 1 unspecified atom stereocenters. The van der Waals surface area contributed by atoms with E-state index in [1.165, 1.54) is 0 Å². The highest BCUT2D eigenvalue weighted by Gasteiger charge is 2.27. The van der Waals surface area contributed by atoms with Crippen LogP contribution in [0.3, 0.4) is 0 Å². The Morgan fingerprint density at radius 1 is 1.22 bits per heavy atom. The number of imide groups is 1. The second kappa shape index (κ2) is 8.70. The van der Waals surface area contributed by atoms with Crippen LogP contribution in [0.1, 0.15) is 5.69 Å². The largest absolute Gasteiger partial charge is 0.494 e. The lowest BCUT2D eigenvalue weighted by Gasteiger charge is -2.35. The van der Waals surface area contributed by atoms with Gasteiger partial charge < -0.3 is 19.7 Å². The van der Waals surface area contributed by atoms with Crippen LogP contribution in [0.4, 0.5) is 10.6 Å². The summed E-state index contributed by atoms with van der Waals surface area (Å²) in [6.07, 6.45) is 0. The first kappa shape index (κ1) is 18.9. The van der Waals surface area contributed by atoms with E-state index in [0.717, 1.165) is 45.1 Å². The molecule has 27 heavy (non-hydrogen) atoms. The highest BCUT2D eigenvalue weighted by Crippen LogP contribution is 2.21. The minimum Gasteiger partial charge on any atom is -0.494 e. The van der Waals surface area contributed by atoms with Gasteiger partial charge in [0.2, 0.25) is 0 Å². The van der Waals surface area contributed by atoms with Gasteiger partial charge in [-0.15, -0.1) is 0 Å². The van der Waals surface area contributed by atoms with Crippen LogP contribution in [0, 0.1) is 11.8 Å². The average Bonchev–Trinajstić information content (AvgIpc) is 3.02. The number of methoxy groups -OCH3 is 2. The third-order valence-electron chi connectivity index (χ3n) is 4.48. The molecule has 3 rings (SSSR count). The van der Waals surface area contributed by atoms with Crippen LogP contribution in [0.2, 0.25) is 0 Å². The lowest BCUT2D eigenvalue weighted by atomic mass is 10.2. The number of nitrogens with zero attached hydrogens (tertiary/aromatic N) is 3. The molecule has 0 saturated carbocycles. The number of carbonyl (C=O) groups excluding carboxylic acids is 2. The first-order valence-corrected chi connectivity index (χ1v) is 8.75. The topological polar surface area (TPSA) is 96.0 Å². The molecule has 3 amide bonds. The summed E-state index contributed by atoms with van der Waals surface area (Å²) < 4.78 is 10.4. The first-order valence-electron chi connectivity index (χ1n) is 8.75. The summed E-state index contributed by atoms with van der Waals surface area (Å²) in [7, 11) is 3.25. The summed E-state index contributed by atoms with van der Waals surface area (Å²) >= 11 is 0. The Hall–Kier alpha value is -2.83. The summed E-state index contributed by atoms with van der Waals surface area (Å²) in [6, 6.07) is 2.30. The number of piperazine rings is 1. The van der Waals surface area contributed by atoms with E-state index >= 15 is 0 Å². The van der Waals surface area contributed by atoms with Gasteiger partial charge in [-0.25, -0.2) is 9.78 Å². The van der Waals surface area contributed by atoms with Crippen molar-refractivity contribution in [1.29, 1.82) is 0 Å². The van der Waals surface area contributed by atoms with E-state index in [1.54, 1.807) is 14.2 Å². The van der Waals surface area contributed by atoms with Crippen molar-refractivity contribution in [2.75, 3.05) is 58.5 Å². The standard InChI is InChI=1S/C18H23N5O4/c1-26-12-11-22-7-9-23(10-8-22)16-6-5-15(27-2)13(19-16)3-4-14-17(24)21-18(25)20-14/h5-6,14H,7-12H2,1-2H3,(H2,20,21,24,25). The van der Waals surface area contributed by atoms with Crippen molar-refractivity contribution in [3.05, 3.63) is 17.8 Å². The van der Waals surface area contributed by atoms with Gasteiger partial charge in [0.15, 0.2) is 17.5 Å². The second-order valence-corrected chi connectivity index (χ2v) is 6.21. The molecule has 0 spiro atoms. The van der Waals surface area contributed by atoms with E-state index in [0.29, 0.717) is 11.4 Å². The third-order valence-corrected chi connectivity index (χ3v) is 4.48. The minimum absolute atomic E-state index is 0.436. The summed E-state index contributed by atoms with van der Waals surface area (Å²) in [5.41, 5.74) is 0.436. The Morgan fingerprint density at radius 3 is 2.63 bits per heavy atom. The molecule has 1 aromatic heterocycles. The van der Waals surface area contributed by atoms with Crippen LogP contribution in [0.5, 0.6) is 5.75 Å². The normalized spacial score (nSPS) is 19.9. The Kier molecular flexibility index (Phi) is 6.11. The van der Waals surface area contributed by atoms with Crippen molar-refractivity contribution in [2.45, 2.75) is 6.04 Å². The van der Waals surface area contributed by atoms with Crippen LogP contribution in [-0.2, 0) is 9.53 Å². The first-order chi connectivity index (χ1) is 13.1. The van der Waals surface area contributed by atoms with E-state index in [1.807, 2.05) is 12.1 Å².